The van der Waals surface area contributed by atoms with Crippen molar-refractivity contribution in [1.82, 2.24) is 4.90 Å². The van der Waals surface area contributed by atoms with E-state index in [1.165, 1.54) is 25.2 Å². The maximum Gasteiger partial charge on any atom is 0.0197 e. The molecule has 1 aliphatic heterocycles. The Morgan fingerprint density at radius 2 is 2.08 bits per heavy atom. The largest absolute Gasteiger partial charge is 0.375 e. The zero-order valence-corrected chi connectivity index (χ0v) is 9.72. The number of hydrogen-bond donors (Lipinski definition) is 0. The van der Waals surface area contributed by atoms with Crippen molar-refractivity contribution in [1.29, 1.82) is 0 Å². The molecular formula is C12H23N. The van der Waals surface area contributed by atoms with E-state index in [2.05, 4.69) is 45.6 Å². The van der Waals surface area contributed by atoms with Crippen molar-refractivity contribution in [3.63, 3.8) is 0 Å². The molecule has 0 unspecified atom stereocenters. The van der Waals surface area contributed by atoms with Gasteiger partial charge in [-0.2, -0.15) is 0 Å². The van der Waals surface area contributed by atoms with Crippen LogP contribution >= 0.6 is 0 Å². The molecule has 0 saturated carbocycles. The van der Waals surface area contributed by atoms with Crippen molar-refractivity contribution in [3.8, 4) is 0 Å². The van der Waals surface area contributed by atoms with Gasteiger partial charge >= 0.3 is 0 Å². The molecule has 0 radical (unpaired) electrons. The van der Waals surface area contributed by atoms with Crippen LogP contribution in [0.1, 0.15) is 41.0 Å². The van der Waals surface area contributed by atoms with Crippen LogP contribution in [0.3, 0.4) is 0 Å². The van der Waals surface area contributed by atoms with Crippen LogP contribution in [0.2, 0.25) is 0 Å². The Morgan fingerprint density at radius 3 is 2.54 bits per heavy atom. The number of nitrogens with zero attached hydrogens (tertiary/aromatic N) is 1. The van der Waals surface area contributed by atoms with Crippen LogP contribution in [0.5, 0.6) is 0 Å². The van der Waals surface area contributed by atoms with Gasteiger partial charge in [0, 0.05) is 18.8 Å². The lowest BCUT2D eigenvalue weighted by Crippen LogP contribution is -2.34. The van der Waals surface area contributed by atoms with Crippen LogP contribution in [0.25, 0.3) is 0 Å². The minimum absolute atomic E-state index is 0.414. The average molecular weight is 181 g/mol. The second-order valence-corrected chi connectivity index (χ2v) is 5.36. The molecule has 1 heterocycles. The lowest BCUT2D eigenvalue weighted by Gasteiger charge is -2.37. The van der Waals surface area contributed by atoms with E-state index in [0.29, 0.717) is 5.41 Å². The zero-order chi connectivity index (χ0) is 10.1. The molecule has 0 aliphatic carbocycles. The van der Waals surface area contributed by atoms with Gasteiger partial charge in [0.15, 0.2) is 0 Å². The summed E-state index contributed by atoms with van der Waals surface area (Å²) < 4.78 is 0. The number of rotatable bonds is 2. The molecule has 13 heavy (non-hydrogen) atoms. The van der Waals surface area contributed by atoms with Gasteiger partial charge in [0.2, 0.25) is 0 Å². The smallest absolute Gasteiger partial charge is 0.0197 e. The number of hydrogen-bond acceptors (Lipinski definition) is 1. The Balaban J connectivity index is 2.62. The van der Waals surface area contributed by atoms with Crippen LogP contribution in [-0.4, -0.2) is 18.0 Å². The van der Waals surface area contributed by atoms with Crippen LogP contribution in [-0.2, 0) is 0 Å². The second kappa shape index (κ2) is 3.73. The van der Waals surface area contributed by atoms with Gasteiger partial charge in [-0.05, 0) is 24.7 Å². The van der Waals surface area contributed by atoms with Crippen molar-refractivity contribution in [2.45, 2.75) is 41.0 Å². The molecule has 0 N–H and O–H groups in total. The van der Waals surface area contributed by atoms with E-state index in [0.717, 1.165) is 5.92 Å². The fraction of sp³-hybridized carbons (Fsp3) is 0.833. The Morgan fingerprint density at radius 1 is 1.46 bits per heavy atom. The van der Waals surface area contributed by atoms with Crippen molar-refractivity contribution in [3.05, 3.63) is 11.8 Å². The van der Waals surface area contributed by atoms with Gasteiger partial charge in [0.05, 0.1) is 0 Å². The molecule has 0 saturated heterocycles. The van der Waals surface area contributed by atoms with Crippen LogP contribution < -0.4 is 0 Å². The first-order valence-electron chi connectivity index (χ1n) is 5.35. The first-order chi connectivity index (χ1) is 5.91. The fourth-order valence-electron chi connectivity index (χ4n) is 2.00. The van der Waals surface area contributed by atoms with E-state index in [1.807, 2.05) is 0 Å². The second-order valence-electron chi connectivity index (χ2n) is 5.36. The Labute approximate surface area is 82.8 Å². The lowest BCUT2D eigenvalue weighted by atomic mass is 9.85. The summed E-state index contributed by atoms with van der Waals surface area (Å²) >= 11 is 0. The van der Waals surface area contributed by atoms with Crippen LogP contribution in [0.15, 0.2) is 11.8 Å². The predicted octanol–water partition coefficient (Wildman–Crippen LogP) is 3.28. The summed E-state index contributed by atoms with van der Waals surface area (Å²) in [6.07, 6.45) is 3.70. The SMILES string of the molecule is CC1=CC(C)(C)CCN1CC(C)C. The summed E-state index contributed by atoms with van der Waals surface area (Å²) in [7, 11) is 0. The predicted molar refractivity (Wildman–Crippen MR) is 58.6 cm³/mol. The summed E-state index contributed by atoms with van der Waals surface area (Å²) in [6.45, 7) is 13.9. The third kappa shape index (κ3) is 3.06. The highest BCUT2D eigenvalue weighted by atomic mass is 15.1. The van der Waals surface area contributed by atoms with E-state index in [-0.39, 0.29) is 0 Å². The summed E-state index contributed by atoms with van der Waals surface area (Å²) in [5, 5.41) is 0. The highest BCUT2D eigenvalue weighted by molar-refractivity contribution is 5.08. The van der Waals surface area contributed by atoms with Crippen molar-refractivity contribution < 1.29 is 0 Å². The summed E-state index contributed by atoms with van der Waals surface area (Å²) in [4.78, 5) is 2.51. The molecule has 0 aromatic carbocycles. The lowest BCUT2D eigenvalue weighted by molar-refractivity contribution is 0.235. The molecule has 1 nitrogen and oxygen atoms in total. The van der Waals surface area contributed by atoms with Crippen molar-refractivity contribution >= 4 is 0 Å². The van der Waals surface area contributed by atoms with Gasteiger partial charge in [0.25, 0.3) is 0 Å². The summed E-state index contributed by atoms with van der Waals surface area (Å²) in [5.41, 5.74) is 1.88. The Bertz CT molecular complexity index is 201. The molecule has 1 rings (SSSR count). The molecule has 0 bridgehead atoms. The topological polar surface area (TPSA) is 3.24 Å². The highest BCUT2D eigenvalue weighted by Gasteiger charge is 2.23. The fourth-order valence-corrected chi connectivity index (χ4v) is 2.00. The zero-order valence-electron chi connectivity index (χ0n) is 9.72. The minimum Gasteiger partial charge on any atom is -0.375 e. The van der Waals surface area contributed by atoms with Crippen LogP contribution in [0.4, 0.5) is 0 Å². The molecule has 0 spiro atoms. The maximum absolute atomic E-state index is 2.51. The van der Waals surface area contributed by atoms with E-state index < -0.39 is 0 Å². The van der Waals surface area contributed by atoms with Gasteiger partial charge < -0.3 is 4.90 Å². The monoisotopic (exact) mass is 181 g/mol. The molecule has 0 fully saturated rings. The van der Waals surface area contributed by atoms with Gasteiger partial charge in [-0.3, -0.25) is 0 Å². The molecule has 0 aromatic rings. The molecule has 76 valence electrons. The van der Waals surface area contributed by atoms with Gasteiger partial charge in [-0.25, -0.2) is 0 Å². The normalized spacial score (nSPS) is 22.0. The molecular weight excluding hydrogens is 158 g/mol. The van der Waals surface area contributed by atoms with E-state index >= 15 is 0 Å². The summed E-state index contributed by atoms with van der Waals surface area (Å²) in [6, 6.07) is 0. The first kappa shape index (κ1) is 10.6. The number of allylic oxidation sites excluding steroid dienone is 2. The minimum atomic E-state index is 0.414. The van der Waals surface area contributed by atoms with Crippen molar-refractivity contribution in [2.24, 2.45) is 11.3 Å². The van der Waals surface area contributed by atoms with E-state index in [9.17, 15) is 0 Å². The molecule has 1 heteroatoms. The van der Waals surface area contributed by atoms with E-state index in [1.54, 1.807) is 0 Å². The third-order valence-corrected chi connectivity index (χ3v) is 2.71. The highest BCUT2D eigenvalue weighted by Crippen LogP contribution is 2.30. The Hall–Kier alpha value is -0.460. The third-order valence-electron chi connectivity index (χ3n) is 2.71. The molecule has 1 aliphatic rings. The van der Waals surface area contributed by atoms with Gasteiger partial charge in [-0.1, -0.05) is 33.8 Å². The van der Waals surface area contributed by atoms with Gasteiger partial charge in [0.1, 0.15) is 0 Å². The standard InChI is InChI=1S/C12H23N/c1-10(2)9-13-7-6-12(4,5)8-11(13)3/h8,10H,6-7,9H2,1-5H3. The molecule has 0 aromatic heterocycles. The quantitative estimate of drug-likeness (QED) is 0.632. The average Bonchev–Trinajstić information content (AvgIpc) is 1.93. The molecule has 0 atom stereocenters. The van der Waals surface area contributed by atoms with Crippen molar-refractivity contribution in [2.75, 3.05) is 13.1 Å². The summed E-state index contributed by atoms with van der Waals surface area (Å²) in [5.74, 6) is 0.768. The van der Waals surface area contributed by atoms with Crippen LogP contribution in [0, 0.1) is 11.3 Å². The van der Waals surface area contributed by atoms with E-state index in [4.69, 9.17) is 0 Å². The van der Waals surface area contributed by atoms with Gasteiger partial charge in [-0.15, -0.1) is 0 Å². The Kier molecular flexibility index (Phi) is 3.05. The first-order valence-corrected chi connectivity index (χ1v) is 5.35. The molecule has 0 amide bonds. The maximum atomic E-state index is 2.51.